The second kappa shape index (κ2) is 7.47. The maximum Gasteiger partial charge on any atom is 0.119 e. The van der Waals surface area contributed by atoms with E-state index in [1.54, 1.807) is 7.11 Å². The van der Waals surface area contributed by atoms with Crippen molar-refractivity contribution in [1.29, 1.82) is 0 Å². The second-order valence-electron chi connectivity index (χ2n) is 6.17. The molecule has 0 heterocycles. The van der Waals surface area contributed by atoms with Crippen molar-refractivity contribution in [1.82, 2.24) is 4.90 Å². The van der Waals surface area contributed by atoms with Gasteiger partial charge in [0.05, 0.1) is 13.2 Å². The largest absolute Gasteiger partial charge is 0.497 e. The molecule has 3 heteroatoms. The molecule has 3 rings (SSSR count). The third kappa shape index (κ3) is 3.94. The molecule has 1 unspecified atom stereocenters. The number of methoxy groups -OCH3 is 1. The smallest absolute Gasteiger partial charge is 0.119 e. The molecule has 3 nitrogen and oxygen atoms in total. The number of ether oxygens (including phenoxy) is 1. The summed E-state index contributed by atoms with van der Waals surface area (Å²) in [4.78, 5) is 2.12. The number of hydrogen-bond acceptors (Lipinski definition) is 3. The number of rotatable bonds is 6. The average Bonchev–Trinajstić information content (AvgIpc) is 2.61. The summed E-state index contributed by atoms with van der Waals surface area (Å²) in [6, 6.07) is 22.4. The van der Waals surface area contributed by atoms with E-state index in [2.05, 4.69) is 35.2 Å². The summed E-state index contributed by atoms with van der Waals surface area (Å²) in [5, 5.41) is 12.9. The minimum Gasteiger partial charge on any atom is -0.497 e. The monoisotopic (exact) mass is 321 g/mol. The Balaban J connectivity index is 1.67. The Morgan fingerprint density at radius 3 is 2.54 bits per heavy atom. The van der Waals surface area contributed by atoms with Gasteiger partial charge in [-0.15, -0.1) is 0 Å². The number of hydrogen-bond donors (Lipinski definition) is 1. The van der Waals surface area contributed by atoms with Gasteiger partial charge in [-0.25, -0.2) is 0 Å². The Morgan fingerprint density at radius 1 is 0.958 bits per heavy atom. The van der Waals surface area contributed by atoms with E-state index < -0.39 is 6.10 Å². The predicted molar refractivity (Wildman–Crippen MR) is 98.2 cm³/mol. The van der Waals surface area contributed by atoms with E-state index in [-0.39, 0.29) is 0 Å². The SMILES string of the molecule is COc1cccc(CN(C)CC(O)c2ccc3ccccc3c2)c1. The van der Waals surface area contributed by atoms with Crippen molar-refractivity contribution in [2.45, 2.75) is 12.6 Å². The molecule has 0 fully saturated rings. The van der Waals surface area contributed by atoms with Gasteiger partial charge in [0.2, 0.25) is 0 Å². The Labute approximate surface area is 143 Å². The van der Waals surface area contributed by atoms with Gasteiger partial charge in [0.15, 0.2) is 0 Å². The first-order valence-electron chi connectivity index (χ1n) is 8.14. The van der Waals surface area contributed by atoms with Gasteiger partial charge >= 0.3 is 0 Å². The molecule has 1 atom stereocenters. The molecule has 0 aliphatic rings. The van der Waals surface area contributed by atoms with Crippen LogP contribution in [0.25, 0.3) is 10.8 Å². The third-order valence-electron chi connectivity index (χ3n) is 4.23. The van der Waals surface area contributed by atoms with Crippen molar-refractivity contribution < 1.29 is 9.84 Å². The molecule has 0 saturated carbocycles. The molecule has 0 amide bonds. The van der Waals surface area contributed by atoms with Crippen molar-refractivity contribution in [3.63, 3.8) is 0 Å². The maximum atomic E-state index is 10.6. The summed E-state index contributed by atoms with van der Waals surface area (Å²) < 4.78 is 5.26. The third-order valence-corrected chi connectivity index (χ3v) is 4.23. The van der Waals surface area contributed by atoms with Gasteiger partial charge in [0, 0.05) is 13.1 Å². The first-order chi connectivity index (χ1) is 11.7. The van der Waals surface area contributed by atoms with Gasteiger partial charge in [0.25, 0.3) is 0 Å². The van der Waals surface area contributed by atoms with Crippen molar-refractivity contribution in [2.24, 2.45) is 0 Å². The normalized spacial score (nSPS) is 12.5. The first-order valence-corrected chi connectivity index (χ1v) is 8.14. The highest BCUT2D eigenvalue weighted by molar-refractivity contribution is 5.83. The molecule has 3 aromatic rings. The van der Waals surface area contributed by atoms with Crippen LogP contribution in [0.15, 0.2) is 66.7 Å². The van der Waals surface area contributed by atoms with Crippen LogP contribution in [0.3, 0.4) is 0 Å². The highest BCUT2D eigenvalue weighted by Crippen LogP contribution is 2.21. The van der Waals surface area contributed by atoms with Crippen LogP contribution in [-0.4, -0.2) is 30.7 Å². The Kier molecular flexibility index (Phi) is 5.14. The summed E-state index contributed by atoms with van der Waals surface area (Å²) in [6.45, 7) is 1.34. The van der Waals surface area contributed by atoms with Gasteiger partial charge in [-0.1, -0.05) is 48.5 Å². The van der Waals surface area contributed by atoms with E-state index in [1.165, 1.54) is 10.9 Å². The van der Waals surface area contributed by atoms with Gasteiger partial charge in [-0.3, -0.25) is 4.90 Å². The molecule has 1 N–H and O–H groups in total. The number of nitrogens with zero attached hydrogens (tertiary/aromatic N) is 1. The van der Waals surface area contributed by atoms with Crippen LogP contribution in [0, 0.1) is 0 Å². The van der Waals surface area contributed by atoms with Crippen molar-refractivity contribution in [3.8, 4) is 5.75 Å². The standard InChI is InChI=1S/C21H23NO2/c1-22(14-16-6-5-9-20(12-16)24-2)15-21(23)19-11-10-17-7-3-4-8-18(17)13-19/h3-13,21,23H,14-15H2,1-2H3. The van der Waals surface area contributed by atoms with E-state index in [0.717, 1.165) is 23.2 Å². The molecule has 0 saturated heterocycles. The van der Waals surface area contributed by atoms with E-state index in [1.807, 2.05) is 43.4 Å². The quantitative estimate of drug-likeness (QED) is 0.744. The van der Waals surface area contributed by atoms with E-state index in [0.29, 0.717) is 6.54 Å². The predicted octanol–water partition coefficient (Wildman–Crippen LogP) is 4.01. The molecule has 0 radical (unpaired) electrons. The van der Waals surface area contributed by atoms with Crippen LogP contribution in [0.5, 0.6) is 5.75 Å². The summed E-state index contributed by atoms with van der Waals surface area (Å²) in [5.74, 6) is 0.857. The second-order valence-corrected chi connectivity index (χ2v) is 6.17. The molecule has 124 valence electrons. The number of likely N-dealkylation sites (N-methyl/N-ethyl adjacent to an activating group) is 1. The summed E-state index contributed by atoms with van der Waals surface area (Å²) in [6.07, 6.45) is -0.509. The molecule has 3 aromatic carbocycles. The molecule has 0 aromatic heterocycles. The number of fused-ring (bicyclic) bond motifs is 1. The van der Waals surface area contributed by atoms with Gasteiger partial charge in [-0.2, -0.15) is 0 Å². The molecule has 0 aliphatic heterocycles. The Hall–Kier alpha value is -2.36. The summed E-state index contributed by atoms with van der Waals surface area (Å²) >= 11 is 0. The van der Waals surface area contributed by atoms with Crippen LogP contribution < -0.4 is 4.74 Å². The highest BCUT2D eigenvalue weighted by atomic mass is 16.5. The van der Waals surface area contributed by atoms with Crippen molar-refractivity contribution in [3.05, 3.63) is 77.9 Å². The van der Waals surface area contributed by atoms with Crippen LogP contribution in [0.1, 0.15) is 17.2 Å². The molecule has 0 bridgehead atoms. The molecule has 24 heavy (non-hydrogen) atoms. The number of benzene rings is 3. The van der Waals surface area contributed by atoms with Crippen LogP contribution in [0.4, 0.5) is 0 Å². The first kappa shape index (κ1) is 16.5. The summed E-state index contributed by atoms with van der Waals surface area (Å²) in [5.41, 5.74) is 2.12. The highest BCUT2D eigenvalue weighted by Gasteiger charge is 2.12. The van der Waals surface area contributed by atoms with E-state index in [9.17, 15) is 5.11 Å². The van der Waals surface area contributed by atoms with Gasteiger partial charge < -0.3 is 9.84 Å². The molecular formula is C21H23NO2. The lowest BCUT2D eigenvalue weighted by Gasteiger charge is -2.21. The number of aliphatic hydroxyl groups is 1. The van der Waals surface area contributed by atoms with E-state index >= 15 is 0 Å². The fraction of sp³-hybridized carbons (Fsp3) is 0.238. The fourth-order valence-electron chi connectivity index (χ4n) is 2.96. The minimum atomic E-state index is -0.509. The summed E-state index contributed by atoms with van der Waals surface area (Å²) in [7, 11) is 3.69. The van der Waals surface area contributed by atoms with Gasteiger partial charge in [0.1, 0.15) is 5.75 Å². The average molecular weight is 321 g/mol. The molecule has 0 aliphatic carbocycles. The zero-order valence-corrected chi connectivity index (χ0v) is 14.1. The lowest BCUT2D eigenvalue weighted by Crippen LogP contribution is -2.24. The topological polar surface area (TPSA) is 32.7 Å². The van der Waals surface area contributed by atoms with Gasteiger partial charge in [-0.05, 0) is 47.1 Å². The Morgan fingerprint density at radius 2 is 1.75 bits per heavy atom. The lowest BCUT2D eigenvalue weighted by atomic mass is 10.0. The Bertz CT molecular complexity index is 816. The lowest BCUT2D eigenvalue weighted by molar-refractivity contribution is 0.124. The van der Waals surface area contributed by atoms with Crippen molar-refractivity contribution in [2.75, 3.05) is 20.7 Å². The maximum absolute atomic E-state index is 10.6. The van der Waals surface area contributed by atoms with Crippen LogP contribution >= 0.6 is 0 Å². The zero-order valence-electron chi connectivity index (χ0n) is 14.1. The van der Waals surface area contributed by atoms with Crippen LogP contribution in [-0.2, 0) is 6.54 Å². The zero-order chi connectivity index (χ0) is 16.9. The molecular weight excluding hydrogens is 298 g/mol. The number of aliphatic hydroxyl groups excluding tert-OH is 1. The van der Waals surface area contributed by atoms with Crippen LogP contribution in [0.2, 0.25) is 0 Å². The molecule has 0 spiro atoms. The van der Waals surface area contributed by atoms with E-state index in [4.69, 9.17) is 4.74 Å². The fourth-order valence-corrected chi connectivity index (χ4v) is 2.96. The van der Waals surface area contributed by atoms with Crippen molar-refractivity contribution >= 4 is 10.8 Å². The minimum absolute atomic E-state index is 0.509.